The molecule has 2 heterocycles. The first kappa shape index (κ1) is 16.8. The summed E-state index contributed by atoms with van der Waals surface area (Å²) in [5, 5.41) is 10.0. The van der Waals surface area contributed by atoms with E-state index in [0.717, 1.165) is 31.4 Å². The lowest BCUT2D eigenvalue weighted by atomic mass is 10.1. The zero-order chi connectivity index (χ0) is 15.9. The fourth-order valence-electron chi connectivity index (χ4n) is 2.68. The number of likely N-dealkylation sites (N-methyl/N-ethyl adjacent to an activating group) is 1. The predicted octanol–water partition coefficient (Wildman–Crippen LogP) is 0.891. The zero-order valence-corrected chi connectivity index (χ0v) is 13.7. The van der Waals surface area contributed by atoms with Crippen LogP contribution in [-0.4, -0.2) is 60.6 Å². The number of urea groups is 1. The summed E-state index contributed by atoms with van der Waals surface area (Å²) in [5.74, 6) is 0. The van der Waals surface area contributed by atoms with Crippen molar-refractivity contribution in [2.45, 2.75) is 31.4 Å². The van der Waals surface area contributed by atoms with Gasteiger partial charge in [-0.1, -0.05) is 0 Å². The predicted molar refractivity (Wildman–Crippen MR) is 84.6 cm³/mol. The molecule has 1 aliphatic rings. The Morgan fingerprint density at radius 3 is 2.95 bits per heavy atom. The molecule has 7 heteroatoms. The number of ether oxygens (including phenoxy) is 1. The molecule has 0 radical (unpaired) electrons. The van der Waals surface area contributed by atoms with Crippen molar-refractivity contribution in [1.29, 1.82) is 0 Å². The van der Waals surface area contributed by atoms with Gasteiger partial charge < -0.3 is 20.3 Å². The van der Waals surface area contributed by atoms with Gasteiger partial charge in [-0.15, -0.1) is 0 Å². The summed E-state index contributed by atoms with van der Waals surface area (Å²) in [6, 6.07) is -0.0219. The molecule has 0 aromatic carbocycles. The summed E-state index contributed by atoms with van der Waals surface area (Å²) in [5.41, 5.74) is 1.09. The third-order valence-corrected chi connectivity index (χ3v) is 3.96. The lowest BCUT2D eigenvalue weighted by molar-refractivity contribution is 0.104. The van der Waals surface area contributed by atoms with Crippen LogP contribution in [0.4, 0.5) is 4.79 Å². The van der Waals surface area contributed by atoms with Crippen LogP contribution in [0.2, 0.25) is 0 Å². The van der Waals surface area contributed by atoms with Crippen LogP contribution in [0.5, 0.6) is 0 Å². The Morgan fingerprint density at radius 2 is 2.36 bits per heavy atom. The Kier molecular flexibility index (Phi) is 6.21. The maximum atomic E-state index is 11.9. The first-order chi connectivity index (χ1) is 10.6. The molecule has 22 heavy (non-hydrogen) atoms. The number of hydrogen-bond donors (Lipinski definition) is 2. The normalized spacial score (nSPS) is 19.4. The highest BCUT2D eigenvalue weighted by molar-refractivity contribution is 5.73. The maximum Gasteiger partial charge on any atom is 0.314 e. The number of carbonyl (C=O) groups is 1. The monoisotopic (exact) mass is 309 g/mol. The Hall–Kier alpha value is -1.60. The number of aromatic nitrogens is 2. The van der Waals surface area contributed by atoms with E-state index < -0.39 is 0 Å². The second-order valence-corrected chi connectivity index (χ2v) is 5.99. The molecule has 2 atom stereocenters. The van der Waals surface area contributed by atoms with Crippen molar-refractivity contribution in [1.82, 2.24) is 25.3 Å². The molecule has 2 N–H and O–H groups in total. The van der Waals surface area contributed by atoms with E-state index in [0.29, 0.717) is 19.2 Å². The van der Waals surface area contributed by atoms with E-state index in [-0.39, 0.29) is 12.1 Å². The Bertz CT molecular complexity index is 468. The fourth-order valence-corrected chi connectivity index (χ4v) is 2.68. The maximum absolute atomic E-state index is 11.9. The van der Waals surface area contributed by atoms with Crippen molar-refractivity contribution < 1.29 is 9.53 Å². The lowest BCUT2D eigenvalue weighted by Crippen LogP contribution is -2.41. The van der Waals surface area contributed by atoms with Crippen molar-refractivity contribution in [3.63, 3.8) is 0 Å². The number of carbonyl (C=O) groups excluding carboxylic acids is 1. The largest absolute Gasteiger partial charge is 0.378 e. The van der Waals surface area contributed by atoms with Gasteiger partial charge >= 0.3 is 6.03 Å². The topological polar surface area (TPSA) is 71.4 Å². The summed E-state index contributed by atoms with van der Waals surface area (Å²) in [6.45, 7) is 2.05. The van der Waals surface area contributed by atoms with Gasteiger partial charge in [-0.05, 0) is 33.4 Å². The van der Waals surface area contributed by atoms with Gasteiger partial charge in [0, 0.05) is 38.5 Å². The molecule has 1 aliphatic heterocycles. The van der Waals surface area contributed by atoms with E-state index in [1.165, 1.54) is 0 Å². The highest BCUT2D eigenvalue weighted by Gasteiger charge is 2.18. The van der Waals surface area contributed by atoms with Crippen molar-refractivity contribution in [2.75, 3.05) is 33.8 Å². The molecule has 1 saturated heterocycles. The first-order valence-electron chi connectivity index (χ1n) is 7.84. The quantitative estimate of drug-likeness (QED) is 0.785. The van der Waals surface area contributed by atoms with Gasteiger partial charge in [-0.3, -0.25) is 4.68 Å². The molecule has 1 aromatic rings. The summed E-state index contributed by atoms with van der Waals surface area (Å²) in [7, 11) is 5.88. The molecule has 1 fully saturated rings. The molecule has 0 unspecified atom stereocenters. The van der Waals surface area contributed by atoms with Crippen LogP contribution in [0.1, 0.15) is 30.9 Å². The van der Waals surface area contributed by atoms with Crippen LogP contribution < -0.4 is 10.6 Å². The van der Waals surface area contributed by atoms with E-state index in [4.69, 9.17) is 4.74 Å². The number of nitrogens with zero attached hydrogens (tertiary/aromatic N) is 3. The van der Waals surface area contributed by atoms with Crippen LogP contribution in [0.25, 0.3) is 0 Å². The molecule has 2 rings (SSSR count). The summed E-state index contributed by atoms with van der Waals surface area (Å²) in [6.07, 6.45) is 7.24. The minimum atomic E-state index is -0.131. The average Bonchev–Trinajstić information content (AvgIpc) is 3.11. The van der Waals surface area contributed by atoms with Crippen LogP contribution in [-0.2, 0) is 11.8 Å². The second-order valence-electron chi connectivity index (χ2n) is 5.99. The number of aryl methyl sites for hydroxylation is 1. The van der Waals surface area contributed by atoms with E-state index in [9.17, 15) is 4.79 Å². The van der Waals surface area contributed by atoms with Crippen molar-refractivity contribution in [2.24, 2.45) is 7.05 Å². The molecule has 0 aliphatic carbocycles. The van der Waals surface area contributed by atoms with Crippen LogP contribution in [0.3, 0.4) is 0 Å². The molecule has 0 saturated carbocycles. The van der Waals surface area contributed by atoms with Gasteiger partial charge in [0.25, 0.3) is 0 Å². The molecule has 0 spiro atoms. The summed E-state index contributed by atoms with van der Waals surface area (Å²) in [4.78, 5) is 14.0. The van der Waals surface area contributed by atoms with Crippen LogP contribution in [0, 0.1) is 0 Å². The first-order valence-corrected chi connectivity index (χ1v) is 7.84. The standard InChI is InChI=1S/C15H27N5O2/c1-19(2)14(12-9-18-20(3)11-12)10-17-15(21)16-7-6-13-5-4-8-22-13/h9,11,13-14H,4-8,10H2,1-3H3,(H2,16,17,21)/t13-,14+/m1/s1. The van der Waals surface area contributed by atoms with Gasteiger partial charge in [0.15, 0.2) is 0 Å². The molecule has 2 amide bonds. The number of amides is 2. The summed E-state index contributed by atoms with van der Waals surface area (Å²) >= 11 is 0. The van der Waals surface area contributed by atoms with Gasteiger partial charge in [0.2, 0.25) is 0 Å². The summed E-state index contributed by atoms with van der Waals surface area (Å²) < 4.78 is 7.31. The molecular formula is C15H27N5O2. The lowest BCUT2D eigenvalue weighted by Gasteiger charge is -2.23. The van der Waals surface area contributed by atoms with Gasteiger partial charge in [0.05, 0.1) is 18.3 Å². The molecule has 0 bridgehead atoms. The second kappa shape index (κ2) is 8.14. The third-order valence-electron chi connectivity index (χ3n) is 3.96. The van der Waals surface area contributed by atoms with Crippen molar-refractivity contribution in [3.05, 3.63) is 18.0 Å². The van der Waals surface area contributed by atoms with E-state index >= 15 is 0 Å². The smallest absolute Gasteiger partial charge is 0.314 e. The van der Waals surface area contributed by atoms with Crippen LogP contribution >= 0.6 is 0 Å². The third kappa shape index (κ3) is 4.99. The molecule has 7 nitrogen and oxygen atoms in total. The van der Waals surface area contributed by atoms with Crippen molar-refractivity contribution >= 4 is 6.03 Å². The Morgan fingerprint density at radius 1 is 1.55 bits per heavy atom. The molecule has 1 aromatic heterocycles. The van der Waals surface area contributed by atoms with Gasteiger partial charge in [0.1, 0.15) is 0 Å². The SMILES string of the molecule is CN(C)[C@@H](CNC(=O)NCC[C@H]1CCCO1)c1cnn(C)c1. The number of hydrogen-bond acceptors (Lipinski definition) is 4. The highest BCUT2D eigenvalue weighted by Crippen LogP contribution is 2.16. The highest BCUT2D eigenvalue weighted by atomic mass is 16.5. The van der Waals surface area contributed by atoms with Gasteiger partial charge in [-0.2, -0.15) is 5.10 Å². The van der Waals surface area contributed by atoms with Gasteiger partial charge in [-0.25, -0.2) is 4.79 Å². The fraction of sp³-hybridized carbons (Fsp3) is 0.733. The number of nitrogens with one attached hydrogen (secondary N) is 2. The average molecular weight is 309 g/mol. The Balaban J connectivity index is 1.70. The number of rotatable bonds is 7. The molecular weight excluding hydrogens is 282 g/mol. The van der Waals surface area contributed by atoms with E-state index in [1.807, 2.05) is 33.5 Å². The zero-order valence-electron chi connectivity index (χ0n) is 13.7. The minimum Gasteiger partial charge on any atom is -0.378 e. The van der Waals surface area contributed by atoms with Crippen molar-refractivity contribution in [3.8, 4) is 0 Å². The Labute approximate surface area is 132 Å². The van der Waals surface area contributed by atoms with Crippen LogP contribution in [0.15, 0.2) is 12.4 Å². The van der Waals surface area contributed by atoms with E-state index in [2.05, 4.69) is 20.6 Å². The van der Waals surface area contributed by atoms with E-state index in [1.54, 1.807) is 4.68 Å². The minimum absolute atomic E-state index is 0.109. The molecule has 124 valence electrons.